The van der Waals surface area contributed by atoms with Gasteiger partial charge in [-0.05, 0) is 50.6 Å². The van der Waals surface area contributed by atoms with Crippen molar-refractivity contribution in [2.24, 2.45) is 0 Å². The zero-order valence-corrected chi connectivity index (χ0v) is 14.4. The van der Waals surface area contributed by atoms with Crippen LogP contribution in [0.3, 0.4) is 0 Å². The molecule has 4 heteroatoms. The first-order valence-electron chi connectivity index (χ1n) is 8.29. The van der Waals surface area contributed by atoms with Crippen LogP contribution in [0.2, 0.25) is 0 Å². The second-order valence-corrected chi connectivity index (χ2v) is 6.56. The van der Waals surface area contributed by atoms with Crippen LogP contribution in [-0.2, 0) is 11.2 Å². The smallest absolute Gasteiger partial charge is 0.231 e. The van der Waals surface area contributed by atoms with Crippen molar-refractivity contribution in [1.82, 2.24) is 0 Å². The van der Waals surface area contributed by atoms with E-state index in [0.717, 1.165) is 22.7 Å². The highest BCUT2D eigenvalue weighted by Gasteiger charge is 2.34. The Hall–Kier alpha value is -2.49. The molecular weight excluding hydrogens is 302 g/mol. The molecule has 0 atom stereocenters. The van der Waals surface area contributed by atoms with Crippen molar-refractivity contribution in [3.63, 3.8) is 0 Å². The van der Waals surface area contributed by atoms with Gasteiger partial charge in [-0.25, -0.2) is 0 Å². The van der Waals surface area contributed by atoms with Crippen molar-refractivity contribution in [1.29, 1.82) is 0 Å². The van der Waals surface area contributed by atoms with Gasteiger partial charge in [-0.3, -0.25) is 4.79 Å². The highest BCUT2D eigenvalue weighted by atomic mass is 16.5. The summed E-state index contributed by atoms with van der Waals surface area (Å²) in [5.74, 6) is 1.66. The van der Waals surface area contributed by atoms with Gasteiger partial charge in [0.2, 0.25) is 5.91 Å². The third-order valence-corrected chi connectivity index (χ3v) is 3.97. The van der Waals surface area contributed by atoms with Gasteiger partial charge < -0.3 is 14.4 Å². The van der Waals surface area contributed by atoms with Crippen molar-refractivity contribution >= 4 is 11.6 Å². The monoisotopic (exact) mass is 325 g/mol. The van der Waals surface area contributed by atoms with E-state index in [4.69, 9.17) is 9.47 Å². The number of amides is 1. The fourth-order valence-corrected chi connectivity index (χ4v) is 2.93. The van der Waals surface area contributed by atoms with Gasteiger partial charge in [-0.1, -0.05) is 24.3 Å². The summed E-state index contributed by atoms with van der Waals surface area (Å²) in [5.41, 5.74) is 1.42. The van der Waals surface area contributed by atoms with Gasteiger partial charge in [0.15, 0.2) is 0 Å². The van der Waals surface area contributed by atoms with Crippen LogP contribution < -0.4 is 14.4 Å². The number of ether oxygens (including phenoxy) is 2. The molecule has 0 spiro atoms. The molecular formula is C20H23NO3. The SMILES string of the molecule is CCOc1ccc(CC(=O)N2CC(C)(C)Oc3ccccc32)cc1. The maximum atomic E-state index is 12.9. The van der Waals surface area contributed by atoms with E-state index in [1.54, 1.807) is 0 Å². The van der Waals surface area contributed by atoms with Crippen LogP contribution in [0.5, 0.6) is 11.5 Å². The molecule has 0 fully saturated rings. The van der Waals surface area contributed by atoms with Crippen LogP contribution in [0.15, 0.2) is 48.5 Å². The molecule has 0 aliphatic carbocycles. The molecule has 24 heavy (non-hydrogen) atoms. The Morgan fingerprint density at radius 1 is 1.17 bits per heavy atom. The largest absolute Gasteiger partial charge is 0.494 e. The lowest BCUT2D eigenvalue weighted by molar-refractivity contribution is -0.118. The van der Waals surface area contributed by atoms with Crippen LogP contribution in [-0.4, -0.2) is 24.7 Å². The fourth-order valence-electron chi connectivity index (χ4n) is 2.93. The summed E-state index contributed by atoms with van der Waals surface area (Å²) in [6.07, 6.45) is 0.358. The Balaban J connectivity index is 1.79. The number of anilines is 1. The molecule has 0 radical (unpaired) electrons. The van der Waals surface area contributed by atoms with Gasteiger partial charge in [0.1, 0.15) is 17.1 Å². The third-order valence-electron chi connectivity index (χ3n) is 3.97. The minimum Gasteiger partial charge on any atom is -0.494 e. The van der Waals surface area contributed by atoms with Gasteiger partial charge >= 0.3 is 0 Å². The molecule has 2 aromatic rings. The zero-order valence-electron chi connectivity index (χ0n) is 14.4. The van der Waals surface area contributed by atoms with Gasteiger partial charge in [-0.2, -0.15) is 0 Å². The Morgan fingerprint density at radius 3 is 2.58 bits per heavy atom. The van der Waals surface area contributed by atoms with E-state index >= 15 is 0 Å². The summed E-state index contributed by atoms with van der Waals surface area (Å²) in [5, 5.41) is 0. The van der Waals surface area contributed by atoms with Gasteiger partial charge in [0.05, 0.1) is 25.3 Å². The molecule has 0 saturated carbocycles. The topological polar surface area (TPSA) is 38.8 Å². The molecule has 1 aliphatic rings. The summed E-state index contributed by atoms with van der Waals surface area (Å²) < 4.78 is 11.4. The van der Waals surface area contributed by atoms with Gasteiger partial charge in [0.25, 0.3) is 0 Å². The normalized spacial score (nSPS) is 15.4. The molecule has 1 amide bonds. The van der Waals surface area contributed by atoms with Crippen molar-refractivity contribution in [2.45, 2.75) is 32.8 Å². The molecule has 3 rings (SSSR count). The summed E-state index contributed by atoms with van der Waals surface area (Å²) in [7, 11) is 0. The van der Waals surface area contributed by atoms with E-state index in [2.05, 4.69) is 0 Å². The molecule has 0 bridgehead atoms. The van der Waals surface area contributed by atoms with Crippen LogP contribution in [0.4, 0.5) is 5.69 Å². The van der Waals surface area contributed by atoms with Crippen LogP contribution in [0.25, 0.3) is 0 Å². The zero-order chi connectivity index (χ0) is 17.2. The Labute approximate surface area is 143 Å². The highest BCUT2D eigenvalue weighted by molar-refractivity contribution is 5.96. The average molecular weight is 325 g/mol. The van der Waals surface area contributed by atoms with Crippen LogP contribution >= 0.6 is 0 Å². The Bertz CT molecular complexity index is 722. The van der Waals surface area contributed by atoms with Gasteiger partial charge in [0, 0.05) is 0 Å². The molecule has 2 aromatic carbocycles. The number of carbonyl (C=O) groups excluding carboxylic acids is 1. The predicted octanol–water partition coefficient (Wildman–Crippen LogP) is 3.83. The maximum absolute atomic E-state index is 12.9. The summed E-state index contributed by atoms with van der Waals surface area (Å²) in [6, 6.07) is 15.4. The number of para-hydroxylation sites is 2. The molecule has 1 heterocycles. The van der Waals surface area contributed by atoms with Crippen molar-refractivity contribution in [3.8, 4) is 11.5 Å². The predicted molar refractivity (Wildman–Crippen MR) is 94.8 cm³/mol. The van der Waals surface area contributed by atoms with E-state index in [1.165, 1.54) is 0 Å². The third kappa shape index (κ3) is 3.53. The van der Waals surface area contributed by atoms with Crippen molar-refractivity contribution in [3.05, 3.63) is 54.1 Å². The maximum Gasteiger partial charge on any atom is 0.231 e. The first-order chi connectivity index (χ1) is 11.5. The molecule has 0 saturated heterocycles. The molecule has 1 aliphatic heterocycles. The molecule has 0 N–H and O–H groups in total. The average Bonchev–Trinajstić information content (AvgIpc) is 2.55. The van der Waals surface area contributed by atoms with E-state index in [9.17, 15) is 4.79 Å². The molecule has 126 valence electrons. The summed E-state index contributed by atoms with van der Waals surface area (Å²) in [4.78, 5) is 14.7. The second-order valence-electron chi connectivity index (χ2n) is 6.56. The lowest BCUT2D eigenvalue weighted by atomic mass is 10.0. The molecule has 4 nitrogen and oxygen atoms in total. The van der Waals surface area contributed by atoms with Gasteiger partial charge in [-0.15, -0.1) is 0 Å². The number of hydrogen-bond donors (Lipinski definition) is 0. The quantitative estimate of drug-likeness (QED) is 0.857. The number of carbonyl (C=O) groups is 1. The first kappa shape index (κ1) is 16.4. The minimum atomic E-state index is -0.400. The Kier molecular flexibility index (Phi) is 4.47. The number of fused-ring (bicyclic) bond motifs is 1. The second kappa shape index (κ2) is 6.56. The number of nitrogens with zero attached hydrogens (tertiary/aromatic N) is 1. The first-order valence-corrected chi connectivity index (χ1v) is 8.29. The number of rotatable bonds is 4. The van der Waals surface area contributed by atoms with Crippen molar-refractivity contribution < 1.29 is 14.3 Å². The lowest BCUT2D eigenvalue weighted by Gasteiger charge is -2.39. The lowest BCUT2D eigenvalue weighted by Crippen LogP contribution is -2.49. The van der Waals surface area contributed by atoms with Crippen LogP contribution in [0.1, 0.15) is 26.3 Å². The minimum absolute atomic E-state index is 0.0722. The molecule has 0 unspecified atom stereocenters. The van der Waals surface area contributed by atoms with Crippen molar-refractivity contribution in [2.75, 3.05) is 18.1 Å². The number of benzene rings is 2. The number of hydrogen-bond acceptors (Lipinski definition) is 3. The fraction of sp³-hybridized carbons (Fsp3) is 0.350. The summed E-state index contributed by atoms with van der Waals surface area (Å²) in [6.45, 7) is 7.13. The van der Waals surface area contributed by atoms with E-state index in [0.29, 0.717) is 19.6 Å². The van der Waals surface area contributed by atoms with E-state index in [-0.39, 0.29) is 5.91 Å². The van der Waals surface area contributed by atoms with E-state index < -0.39 is 5.60 Å². The van der Waals surface area contributed by atoms with Crippen LogP contribution in [0, 0.1) is 0 Å². The summed E-state index contributed by atoms with van der Waals surface area (Å²) >= 11 is 0. The molecule has 0 aromatic heterocycles. The van der Waals surface area contributed by atoms with E-state index in [1.807, 2.05) is 74.2 Å². The standard InChI is InChI=1S/C20H23NO3/c1-4-23-16-11-9-15(10-12-16)13-19(22)21-14-20(2,3)24-18-8-6-5-7-17(18)21/h5-12H,4,13-14H2,1-3H3. The Morgan fingerprint density at radius 2 is 1.88 bits per heavy atom. The highest BCUT2D eigenvalue weighted by Crippen LogP contribution is 2.36.